The van der Waals surface area contributed by atoms with Crippen molar-refractivity contribution in [2.24, 2.45) is 0 Å². The van der Waals surface area contributed by atoms with Gasteiger partial charge in [0.15, 0.2) is 0 Å². The summed E-state index contributed by atoms with van der Waals surface area (Å²) in [6, 6.07) is 4.33. The van der Waals surface area contributed by atoms with E-state index in [4.69, 9.17) is 15.2 Å². The Labute approximate surface area is 85.7 Å². The predicted octanol–water partition coefficient (Wildman–Crippen LogP) is 0.955. The van der Waals surface area contributed by atoms with Crippen LogP contribution in [0.5, 0.6) is 5.75 Å². The normalized spacial score (nSPS) is 15.7. The van der Waals surface area contributed by atoms with E-state index in [9.17, 15) is 10.1 Å². The number of hydrogen-bond donors (Lipinski definition) is 1. The van der Waals surface area contributed by atoms with Crippen LogP contribution in [0.1, 0.15) is 0 Å². The van der Waals surface area contributed by atoms with Gasteiger partial charge in [0.25, 0.3) is 5.69 Å². The Balaban J connectivity index is 2.13. The number of hydrogen-bond acceptors (Lipinski definition) is 5. The molecule has 0 radical (unpaired) electrons. The molecule has 1 aromatic carbocycles. The number of rotatable bonds is 3. The van der Waals surface area contributed by atoms with Crippen molar-refractivity contribution in [2.75, 3.05) is 18.9 Å². The first-order chi connectivity index (χ1) is 7.16. The standard InChI is InChI=1S/C9H10N2O4/c10-8-3-6(15-7-4-14-5-7)1-2-9(8)11(12)13/h1-3,7H,4-5,10H2. The van der Waals surface area contributed by atoms with Crippen molar-refractivity contribution >= 4 is 11.4 Å². The first-order valence-electron chi connectivity index (χ1n) is 4.45. The molecule has 2 N–H and O–H groups in total. The van der Waals surface area contributed by atoms with Crippen LogP contribution in [0.25, 0.3) is 0 Å². The van der Waals surface area contributed by atoms with Gasteiger partial charge in [-0.15, -0.1) is 0 Å². The molecule has 1 aliphatic heterocycles. The molecule has 6 nitrogen and oxygen atoms in total. The molecule has 80 valence electrons. The zero-order valence-corrected chi connectivity index (χ0v) is 7.88. The van der Waals surface area contributed by atoms with E-state index in [0.717, 1.165) is 0 Å². The third kappa shape index (κ3) is 1.99. The van der Waals surface area contributed by atoms with E-state index in [1.807, 2.05) is 0 Å². The molecule has 1 fully saturated rings. The highest BCUT2D eigenvalue weighted by Crippen LogP contribution is 2.27. The lowest BCUT2D eigenvalue weighted by Gasteiger charge is -2.26. The molecule has 0 unspecified atom stereocenters. The fourth-order valence-electron chi connectivity index (χ4n) is 1.25. The second-order valence-corrected chi connectivity index (χ2v) is 3.26. The van der Waals surface area contributed by atoms with Crippen molar-refractivity contribution in [3.8, 4) is 5.75 Å². The molecule has 0 saturated carbocycles. The number of ether oxygens (including phenoxy) is 2. The third-order valence-corrected chi connectivity index (χ3v) is 2.11. The van der Waals surface area contributed by atoms with Crippen LogP contribution < -0.4 is 10.5 Å². The zero-order valence-electron chi connectivity index (χ0n) is 7.88. The topological polar surface area (TPSA) is 87.6 Å². The largest absolute Gasteiger partial charge is 0.486 e. The number of nitrogens with zero attached hydrogens (tertiary/aromatic N) is 1. The monoisotopic (exact) mass is 210 g/mol. The summed E-state index contributed by atoms with van der Waals surface area (Å²) in [4.78, 5) is 9.97. The molecule has 0 bridgehead atoms. The molecule has 0 amide bonds. The van der Waals surface area contributed by atoms with E-state index in [0.29, 0.717) is 19.0 Å². The molecule has 0 aromatic heterocycles. The maximum absolute atomic E-state index is 10.5. The molecule has 1 aromatic rings. The summed E-state index contributed by atoms with van der Waals surface area (Å²) in [6.07, 6.45) is 0.0332. The Morgan fingerprint density at radius 2 is 2.27 bits per heavy atom. The zero-order chi connectivity index (χ0) is 10.8. The smallest absolute Gasteiger partial charge is 0.292 e. The van der Waals surface area contributed by atoms with Gasteiger partial charge in [-0.25, -0.2) is 0 Å². The Kier molecular flexibility index (Phi) is 2.42. The van der Waals surface area contributed by atoms with E-state index in [2.05, 4.69) is 0 Å². The summed E-state index contributed by atoms with van der Waals surface area (Å²) in [5, 5.41) is 10.5. The SMILES string of the molecule is Nc1cc(OC2COC2)ccc1[N+](=O)[O-]. The first-order valence-corrected chi connectivity index (χ1v) is 4.45. The average molecular weight is 210 g/mol. The minimum atomic E-state index is -0.522. The lowest BCUT2D eigenvalue weighted by atomic mass is 10.2. The van der Waals surface area contributed by atoms with Gasteiger partial charge in [0.2, 0.25) is 0 Å². The van der Waals surface area contributed by atoms with Gasteiger partial charge in [0.05, 0.1) is 18.1 Å². The summed E-state index contributed by atoms with van der Waals surface area (Å²) in [6.45, 7) is 1.10. The van der Waals surface area contributed by atoms with Crippen LogP contribution >= 0.6 is 0 Å². The number of nitrogens with two attached hydrogens (primary N) is 1. The molecule has 1 saturated heterocycles. The van der Waals surface area contributed by atoms with Gasteiger partial charge >= 0.3 is 0 Å². The number of nitrogen functional groups attached to an aromatic ring is 1. The second kappa shape index (κ2) is 3.74. The third-order valence-electron chi connectivity index (χ3n) is 2.11. The molecule has 2 rings (SSSR count). The maximum atomic E-state index is 10.5. The van der Waals surface area contributed by atoms with Gasteiger partial charge in [-0.05, 0) is 6.07 Å². The molecule has 0 spiro atoms. The Morgan fingerprint density at radius 3 is 2.73 bits per heavy atom. The van der Waals surface area contributed by atoms with Crippen LogP contribution in [0.2, 0.25) is 0 Å². The number of nitro benzene ring substituents is 1. The maximum Gasteiger partial charge on any atom is 0.292 e. The highest BCUT2D eigenvalue weighted by atomic mass is 16.6. The molecular formula is C9H10N2O4. The lowest BCUT2D eigenvalue weighted by Crippen LogP contribution is -2.38. The van der Waals surface area contributed by atoms with Crippen molar-refractivity contribution in [3.05, 3.63) is 28.3 Å². The van der Waals surface area contributed by atoms with Gasteiger partial charge < -0.3 is 15.2 Å². The lowest BCUT2D eigenvalue weighted by molar-refractivity contribution is -0.383. The highest BCUT2D eigenvalue weighted by molar-refractivity contribution is 5.60. The van der Waals surface area contributed by atoms with Crippen molar-refractivity contribution in [3.63, 3.8) is 0 Å². The molecule has 0 aliphatic carbocycles. The molecular weight excluding hydrogens is 200 g/mol. The molecule has 15 heavy (non-hydrogen) atoms. The minimum absolute atomic E-state index is 0.0332. The summed E-state index contributed by atoms with van der Waals surface area (Å²) < 4.78 is 10.4. The fraction of sp³-hybridized carbons (Fsp3) is 0.333. The first kappa shape index (κ1) is 9.72. The van der Waals surface area contributed by atoms with Crippen LogP contribution in [0.4, 0.5) is 11.4 Å². The van der Waals surface area contributed by atoms with Gasteiger partial charge in [-0.3, -0.25) is 10.1 Å². The van der Waals surface area contributed by atoms with E-state index < -0.39 is 4.92 Å². The van der Waals surface area contributed by atoms with Gasteiger partial charge in [0, 0.05) is 12.1 Å². The van der Waals surface area contributed by atoms with E-state index in [1.165, 1.54) is 18.2 Å². The minimum Gasteiger partial charge on any atom is -0.486 e. The summed E-state index contributed by atoms with van der Waals surface area (Å²) in [5.74, 6) is 0.534. The Hall–Kier alpha value is -1.82. The van der Waals surface area contributed by atoms with Crippen LogP contribution in [0, 0.1) is 10.1 Å². The summed E-state index contributed by atoms with van der Waals surface area (Å²) >= 11 is 0. The number of nitro groups is 1. The average Bonchev–Trinajstić information content (AvgIpc) is 2.11. The summed E-state index contributed by atoms with van der Waals surface area (Å²) in [5.41, 5.74) is 5.51. The highest BCUT2D eigenvalue weighted by Gasteiger charge is 2.21. The van der Waals surface area contributed by atoms with Crippen molar-refractivity contribution < 1.29 is 14.4 Å². The molecule has 1 aliphatic rings. The van der Waals surface area contributed by atoms with E-state index in [1.54, 1.807) is 0 Å². The van der Waals surface area contributed by atoms with E-state index >= 15 is 0 Å². The molecule has 1 heterocycles. The van der Waals surface area contributed by atoms with Crippen molar-refractivity contribution in [1.82, 2.24) is 0 Å². The fourth-order valence-corrected chi connectivity index (χ4v) is 1.25. The second-order valence-electron chi connectivity index (χ2n) is 3.26. The predicted molar refractivity (Wildman–Crippen MR) is 52.7 cm³/mol. The molecule has 6 heteroatoms. The van der Waals surface area contributed by atoms with Crippen LogP contribution in [-0.2, 0) is 4.74 Å². The van der Waals surface area contributed by atoms with Crippen molar-refractivity contribution in [1.29, 1.82) is 0 Å². The van der Waals surface area contributed by atoms with Gasteiger partial charge in [0.1, 0.15) is 17.5 Å². The number of anilines is 1. The van der Waals surface area contributed by atoms with Crippen LogP contribution in [-0.4, -0.2) is 24.2 Å². The Bertz CT molecular complexity index is 390. The van der Waals surface area contributed by atoms with Crippen LogP contribution in [0.15, 0.2) is 18.2 Å². The molecule has 0 atom stereocenters. The van der Waals surface area contributed by atoms with Gasteiger partial charge in [-0.2, -0.15) is 0 Å². The summed E-state index contributed by atoms with van der Waals surface area (Å²) in [7, 11) is 0. The van der Waals surface area contributed by atoms with Gasteiger partial charge in [-0.1, -0.05) is 0 Å². The van der Waals surface area contributed by atoms with Crippen molar-refractivity contribution in [2.45, 2.75) is 6.10 Å². The number of benzene rings is 1. The van der Waals surface area contributed by atoms with E-state index in [-0.39, 0.29) is 17.5 Å². The van der Waals surface area contributed by atoms with Crippen LogP contribution in [0.3, 0.4) is 0 Å². The quantitative estimate of drug-likeness (QED) is 0.456. The Morgan fingerprint density at radius 1 is 1.53 bits per heavy atom.